The Labute approximate surface area is 175 Å². The van der Waals surface area contributed by atoms with E-state index in [4.69, 9.17) is 0 Å². The van der Waals surface area contributed by atoms with E-state index in [9.17, 15) is 9.59 Å². The second-order valence-corrected chi connectivity index (χ2v) is 8.13. The van der Waals surface area contributed by atoms with Crippen molar-refractivity contribution in [2.75, 3.05) is 24.3 Å². The highest BCUT2D eigenvalue weighted by atomic mass is 16.2. The van der Waals surface area contributed by atoms with Gasteiger partial charge in [-0.3, -0.25) is 9.59 Å². The van der Waals surface area contributed by atoms with Crippen molar-refractivity contribution in [1.82, 2.24) is 19.3 Å². The van der Waals surface area contributed by atoms with Crippen LogP contribution >= 0.6 is 0 Å². The quantitative estimate of drug-likeness (QED) is 0.677. The Hall–Kier alpha value is -3.16. The smallest absolute Gasteiger partial charge is 0.293 e. The number of fused-ring (bicyclic) bond motifs is 1. The van der Waals surface area contributed by atoms with E-state index in [2.05, 4.69) is 15.4 Å². The molecule has 2 aromatic heterocycles. The zero-order valence-electron chi connectivity index (χ0n) is 17.8. The number of hydrogen-bond donors (Lipinski definition) is 1. The number of hydrogen-bond acceptors (Lipinski definition) is 5. The molecule has 1 amide bonds. The Kier molecular flexibility index (Phi) is 5.57. The Balaban J connectivity index is 1.54. The van der Waals surface area contributed by atoms with Crippen LogP contribution in [0.3, 0.4) is 0 Å². The summed E-state index contributed by atoms with van der Waals surface area (Å²) in [6, 6.07) is 9.76. The third-order valence-corrected chi connectivity index (χ3v) is 5.62. The summed E-state index contributed by atoms with van der Waals surface area (Å²) < 4.78 is 3.59. The summed E-state index contributed by atoms with van der Waals surface area (Å²) in [6.45, 7) is 2.22. The molecular formula is C22H28N6O2. The first-order valence-electron chi connectivity index (χ1n) is 10.5. The number of carbonyl (C=O) groups excluding carboxylic acids is 1. The number of para-hydroxylation sites is 2. The monoisotopic (exact) mass is 408 g/mol. The minimum atomic E-state index is -0.196. The van der Waals surface area contributed by atoms with Gasteiger partial charge in [0.1, 0.15) is 5.82 Å². The summed E-state index contributed by atoms with van der Waals surface area (Å²) in [5.41, 5.74) is 2.16. The number of amides is 1. The van der Waals surface area contributed by atoms with Crippen LogP contribution in [0.2, 0.25) is 0 Å². The SMILES string of the molecule is Cc1cc(NC(=O)CCn2c(=O)c(N(C)C)nc3ccccc32)n(C2CCCC2)n1. The normalized spacial score (nSPS) is 14.4. The van der Waals surface area contributed by atoms with Crippen molar-refractivity contribution in [3.05, 3.63) is 46.4 Å². The van der Waals surface area contributed by atoms with Crippen molar-refractivity contribution in [2.24, 2.45) is 0 Å². The lowest BCUT2D eigenvalue weighted by atomic mass is 10.2. The van der Waals surface area contributed by atoms with Crippen LogP contribution in [0.4, 0.5) is 11.6 Å². The molecular weight excluding hydrogens is 380 g/mol. The second-order valence-electron chi connectivity index (χ2n) is 8.13. The van der Waals surface area contributed by atoms with Crippen LogP contribution < -0.4 is 15.8 Å². The van der Waals surface area contributed by atoms with Crippen molar-refractivity contribution >= 4 is 28.6 Å². The average Bonchev–Trinajstić information content (AvgIpc) is 3.36. The number of nitrogens with one attached hydrogen (secondary N) is 1. The molecule has 158 valence electrons. The lowest BCUT2D eigenvalue weighted by Crippen LogP contribution is -2.30. The number of rotatable bonds is 6. The van der Waals surface area contributed by atoms with Gasteiger partial charge in [0.2, 0.25) is 5.91 Å². The first-order valence-corrected chi connectivity index (χ1v) is 10.5. The molecule has 30 heavy (non-hydrogen) atoms. The van der Waals surface area contributed by atoms with Gasteiger partial charge >= 0.3 is 0 Å². The lowest BCUT2D eigenvalue weighted by Gasteiger charge is -2.17. The number of anilines is 2. The minimum Gasteiger partial charge on any atom is -0.358 e. The van der Waals surface area contributed by atoms with Gasteiger partial charge < -0.3 is 14.8 Å². The fourth-order valence-corrected chi connectivity index (χ4v) is 4.15. The Bertz CT molecular complexity index is 1120. The number of aryl methyl sites for hydroxylation is 2. The number of carbonyl (C=O) groups is 1. The molecule has 0 bridgehead atoms. The Morgan fingerprint density at radius 1 is 1.23 bits per heavy atom. The Morgan fingerprint density at radius 2 is 1.97 bits per heavy atom. The van der Waals surface area contributed by atoms with Gasteiger partial charge in [-0.15, -0.1) is 0 Å². The molecule has 2 heterocycles. The van der Waals surface area contributed by atoms with Crippen LogP contribution in [0.15, 0.2) is 35.1 Å². The molecule has 0 atom stereocenters. The summed E-state index contributed by atoms with van der Waals surface area (Å²) >= 11 is 0. The third kappa shape index (κ3) is 3.94. The molecule has 4 rings (SSSR count). The summed E-state index contributed by atoms with van der Waals surface area (Å²) in [4.78, 5) is 31.8. The molecule has 8 nitrogen and oxygen atoms in total. The van der Waals surface area contributed by atoms with Gasteiger partial charge in [-0.1, -0.05) is 25.0 Å². The lowest BCUT2D eigenvalue weighted by molar-refractivity contribution is -0.116. The van der Waals surface area contributed by atoms with Gasteiger partial charge in [0, 0.05) is 33.1 Å². The molecule has 1 N–H and O–H groups in total. The van der Waals surface area contributed by atoms with E-state index < -0.39 is 0 Å². The van der Waals surface area contributed by atoms with E-state index in [0.29, 0.717) is 11.9 Å². The molecule has 1 saturated carbocycles. The fourth-order valence-electron chi connectivity index (χ4n) is 4.15. The molecule has 1 aliphatic rings. The standard InChI is InChI=1S/C22H28N6O2/c1-15-14-19(28(25-15)16-8-4-5-9-16)24-20(29)12-13-27-18-11-7-6-10-17(18)23-21(22(27)30)26(2)3/h6-7,10-11,14,16H,4-5,8-9,12-13H2,1-3H3,(H,24,29). The van der Waals surface area contributed by atoms with E-state index in [1.165, 1.54) is 12.8 Å². The van der Waals surface area contributed by atoms with Crippen molar-refractivity contribution < 1.29 is 4.79 Å². The highest BCUT2D eigenvalue weighted by Gasteiger charge is 2.21. The fraction of sp³-hybridized carbons (Fsp3) is 0.455. The maximum absolute atomic E-state index is 12.9. The maximum atomic E-state index is 12.9. The van der Waals surface area contributed by atoms with Crippen LogP contribution in [0.5, 0.6) is 0 Å². The van der Waals surface area contributed by atoms with Gasteiger partial charge in [-0.2, -0.15) is 5.10 Å². The molecule has 1 fully saturated rings. The highest BCUT2D eigenvalue weighted by Crippen LogP contribution is 2.31. The van der Waals surface area contributed by atoms with Crippen LogP contribution in [0.1, 0.15) is 43.8 Å². The highest BCUT2D eigenvalue weighted by molar-refractivity contribution is 5.90. The van der Waals surface area contributed by atoms with E-state index >= 15 is 0 Å². The van der Waals surface area contributed by atoms with Crippen LogP contribution in [0, 0.1) is 6.92 Å². The molecule has 8 heteroatoms. The molecule has 0 spiro atoms. The van der Waals surface area contributed by atoms with Crippen molar-refractivity contribution in [3.8, 4) is 0 Å². The molecule has 0 aliphatic heterocycles. The summed E-state index contributed by atoms with van der Waals surface area (Å²) in [5, 5.41) is 7.59. The zero-order valence-corrected chi connectivity index (χ0v) is 17.8. The van der Waals surface area contributed by atoms with Gasteiger partial charge in [-0.05, 0) is 31.9 Å². The molecule has 1 aromatic carbocycles. The number of aromatic nitrogens is 4. The van der Waals surface area contributed by atoms with E-state index in [0.717, 1.165) is 35.4 Å². The first kappa shape index (κ1) is 20.1. The maximum Gasteiger partial charge on any atom is 0.293 e. The Morgan fingerprint density at radius 3 is 2.70 bits per heavy atom. The van der Waals surface area contributed by atoms with Crippen LogP contribution in [-0.4, -0.2) is 39.3 Å². The van der Waals surface area contributed by atoms with Gasteiger partial charge in [0.25, 0.3) is 5.56 Å². The molecule has 1 aliphatic carbocycles. The summed E-state index contributed by atoms with van der Waals surface area (Å²) in [6.07, 6.45) is 4.77. The second kappa shape index (κ2) is 8.30. The number of nitrogens with zero attached hydrogens (tertiary/aromatic N) is 5. The predicted octanol–water partition coefficient (Wildman–Crippen LogP) is 3.11. The predicted molar refractivity (Wildman–Crippen MR) is 118 cm³/mol. The largest absolute Gasteiger partial charge is 0.358 e. The van der Waals surface area contributed by atoms with Crippen LogP contribution in [-0.2, 0) is 11.3 Å². The third-order valence-electron chi connectivity index (χ3n) is 5.62. The van der Waals surface area contributed by atoms with E-state index in [-0.39, 0.29) is 24.4 Å². The summed E-state index contributed by atoms with van der Waals surface area (Å²) in [7, 11) is 3.59. The van der Waals surface area contributed by atoms with Gasteiger partial charge in [0.05, 0.1) is 22.8 Å². The number of benzene rings is 1. The van der Waals surface area contributed by atoms with Crippen molar-refractivity contribution in [2.45, 2.75) is 51.6 Å². The van der Waals surface area contributed by atoms with Crippen molar-refractivity contribution in [1.29, 1.82) is 0 Å². The van der Waals surface area contributed by atoms with Gasteiger partial charge in [0.15, 0.2) is 5.82 Å². The molecule has 0 unspecified atom stereocenters. The summed E-state index contributed by atoms with van der Waals surface area (Å²) in [5.74, 6) is 0.975. The zero-order chi connectivity index (χ0) is 21.3. The topological polar surface area (TPSA) is 85.0 Å². The minimum absolute atomic E-state index is 0.131. The van der Waals surface area contributed by atoms with Crippen molar-refractivity contribution in [3.63, 3.8) is 0 Å². The van der Waals surface area contributed by atoms with E-state index in [1.54, 1.807) is 23.6 Å². The molecule has 0 saturated heterocycles. The van der Waals surface area contributed by atoms with Gasteiger partial charge in [-0.25, -0.2) is 9.67 Å². The molecule has 3 aromatic rings. The van der Waals surface area contributed by atoms with E-state index in [1.807, 2.05) is 41.9 Å². The molecule has 0 radical (unpaired) electrons. The first-order chi connectivity index (χ1) is 14.4. The average molecular weight is 409 g/mol. The van der Waals surface area contributed by atoms with Crippen LogP contribution in [0.25, 0.3) is 11.0 Å².